The lowest BCUT2D eigenvalue weighted by atomic mass is 9.93. The highest BCUT2D eigenvalue weighted by molar-refractivity contribution is 5.78. The number of carbonyl (C=O) groups excluding carboxylic acids is 1. The predicted molar refractivity (Wildman–Crippen MR) is 78.5 cm³/mol. The summed E-state index contributed by atoms with van der Waals surface area (Å²) in [6.45, 7) is 4.85. The third-order valence-electron chi connectivity index (χ3n) is 4.33. The van der Waals surface area contributed by atoms with E-state index in [1.165, 1.54) is 12.1 Å². The first-order chi connectivity index (χ1) is 10.3. The first-order valence-corrected chi connectivity index (χ1v) is 7.45. The van der Waals surface area contributed by atoms with Gasteiger partial charge in [-0.3, -0.25) is 4.79 Å². The van der Waals surface area contributed by atoms with Gasteiger partial charge in [0.25, 0.3) is 0 Å². The van der Waals surface area contributed by atoms with Gasteiger partial charge in [-0.2, -0.15) is 13.2 Å². The van der Waals surface area contributed by atoms with Crippen LogP contribution in [0.25, 0.3) is 0 Å². The van der Waals surface area contributed by atoms with Crippen molar-refractivity contribution in [2.75, 3.05) is 13.1 Å². The molecule has 0 aliphatic carbocycles. The van der Waals surface area contributed by atoms with Crippen molar-refractivity contribution in [3.63, 3.8) is 0 Å². The van der Waals surface area contributed by atoms with Crippen molar-refractivity contribution in [2.24, 2.45) is 0 Å². The number of piperazine rings is 1. The van der Waals surface area contributed by atoms with Gasteiger partial charge in [0, 0.05) is 31.6 Å². The molecule has 1 aliphatic heterocycles. The number of halogens is 3. The van der Waals surface area contributed by atoms with Gasteiger partial charge in [0.05, 0.1) is 5.92 Å². The molecular formula is C16H21F3N2O. The largest absolute Gasteiger partial charge is 0.396 e. The maximum absolute atomic E-state index is 13.3. The van der Waals surface area contributed by atoms with Gasteiger partial charge in [-0.25, -0.2) is 0 Å². The number of amides is 1. The fourth-order valence-electron chi connectivity index (χ4n) is 2.81. The molecule has 0 radical (unpaired) electrons. The number of rotatable bonds is 3. The molecule has 0 aromatic heterocycles. The van der Waals surface area contributed by atoms with Gasteiger partial charge < -0.3 is 10.2 Å². The highest BCUT2D eigenvalue weighted by atomic mass is 19.4. The second-order valence-electron chi connectivity index (χ2n) is 5.78. The van der Waals surface area contributed by atoms with Crippen LogP contribution >= 0.6 is 0 Å². The number of hydrogen-bond acceptors (Lipinski definition) is 2. The molecule has 22 heavy (non-hydrogen) atoms. The maximum Gasteiger partial charge on any atom is 0.396 e. The van der Waals surface area contributed by atoms with Gasteiger partial charge in [0.2, 0.25) is 5.91 Å². The zero-order chi connectivity index (χ0) is 16.3. The molecule has 3 atom stereocenters. The van der Waals surface area contributed by atoms with E-state index < -0.39 is 24.4 Å². The molecule has 1 fully saturated rings. The summed E-state index contributed by atoms with van der Waals surface area (Å²) >= 11 is 0. The molecule has 1 amide bonds. The lowest BCUT2D eigenvalue weighted by Gasteiger charge is -2.39. The lowest BCUT2D eigenvalue weighted by molar-refractivity contribution is -0.162. The van der Waals surface area contributed by atoms with Crippen LogP contribution in [0.1, 0.15) is 31.7 Å². The molecule has 1 aromatic carbocycles. The van der Waals surface area contributed by atoms with E-state index in [1.54, 1.807) is 23.1 Å². The summed E-state index contributed by atoms with van der Waals surface area (Å²) in [6, 6.07) is 7.62. The second kappa shape index (κ2) is 6.69. The Morgan fingerprint density at radius 1 is 1.32 bits per heavy atom. The van der Waals surface area contributed by atoms with E-state index >= 15 is 0 Å². The molecule has 1 saturated heterocycles. The van der Waals surface area contributed by atoms with E-state index in [-0.39, 0.29) is 17.6 Å². The van der Waals surface area contributed by atoms with Gasteiger partial charge in [-0.05, 0) is 19.4 Å². The van der Waals surface area contributed by atoms with E-state index in [1.807, 2.05) is 13.8 Å². The Bertz CT molecular complexity index is 504. The number of benzene rings is 1. The van der Waals surface area contributed by atoms with Crippen molar-refractivity contribution in [3.8, 4) is 0 Å². The van der Waals surface area contributed by atoms with Crippen LogP contribution < -0.4 is 5.32 Å². The summed E-state index contributed by atoms with van der Waals surface area (Å²) in [6.07, 6.45) is -4.97. The van der Waals surface area contributed by atoms with Crippen molar-refractivity contribution in [1.29, 1.82) is 0 Å². The van der Waals surface area contributed by atoms with E-state index in [0.29, 0.717) is 13.1 Å². The van der Waals surface area contributed by atoms with E-state index in [0.717, 1.165) is 0 Å². The zero-order valence-corrected chi connectivity index (χ0v) is 12.7. The van der Waals surface area contributed by atoms with Gasteiger partial charge in [0.15, 0.2) is 0 Å². The minimum atomic E-state index is -4.43. The number of carbonyl (C=O) groups is 1. The molecule has 122 valence electrons. The van der Waals surface area contributed by atoms with Crippen LogP contribution in [0.4, 0.5) is 13.2 Å². The van der Waals surface area contributed by atoms with Crippen molar-refractivity contribution in [2.45, 2.75) is 44.4 Å². The molecule has 1 aromatic rings. The molecule has 3 unspecified atom stereocenters. The first kappa shape index (κ1) is 16.8. The van der Waals surface area contributed by atoms with Crippen molar-refractivity contribution in [1.82, 2.24) is 10.2 Å². The molecule has 1 N–H and O–H groups in total. The molecular weight excluding hydrogens is 293 g/mol. The monoisotopic (exact) mass is 314 g/mol. The summed E-state index contributed by atoms with van der Waals surface area (Å²) in [4.78, 5) is 13.9. The topological polar surface area (TPSA) is 32.3 Å². The van der Waals surface area contributed by atoms with Crippen molar-refractivity contribution in [3.05, 3.63) is 35.9 Å². The third-order valence-corrected chi connectivity index (χ3v) is 4.33. The normalized spacial score (nSPS) is 24.1. The number of nitrogens with zero attached hydrogens (tertiary/aromatic N) is 1. The zero-order valence-electron chi connectivity index (χ0n) is 12.7. The van der Waals surface area contributed by atoms with Crippen LogP contribution in [-0.4, -0.2) is 42.2 Å². The van der Waals surface area contributed by atoms with Gasteiger partial charge >= 0.3 is 6.18 Å². The number of nitrogens with one attached hydrogen (secondary N) is 1. The fourth-order valence-corrected chi connectivity index (χ4v) is 2.81. The van der Waals surface area contributed by atoms with Crippen LogP contribution in [0.15, 0.2) is 30.3 Å². The Balaban J connectivity index is 2.15. The SMILES string of the molecule is CC1NCCN(C(=O)CC(c2ccccc2)C(F)(F)F)C1C. The van der Waals surface area contributed by atoms with Gasteiger partial charge in [-0.15, -0.1) is 0 Å². The predicted octanol–water partition coefficient (Wildman–Crippen LogP) is 2.93. The van der Waals surface area contributed by atoms with E-state index in [2.05, 4.69) is 5.32 Å². The average Bonchev–Trinajstić information content (AvgIpc) is 2.47. The highest BCUT2D eigenvalue weighted by Crippen LogP contribution is 2.38. The van der Waals surface area contributed by atoms with Crippen LogP contribution in [0.2, 0.25) is 0 Å². The van der Waals surface area contributed by atoms with Crippen LogP contribution in [0.5, 0.6) is 0 Å². The van der Waals surface area contributed by atoms with Crippen LogP contribution in [0, 0.1) is 0 Å². The highest BCUT2D eigenvalue weighted by Gasteiger charge is 2.43. The molecule has 3 nitrogen and oxygen atoms in total. The molecule has 0 spiro atoms. The Morgan fingerprint density at radius 3 is 2.55 bits per heavy atom. The smallest absolute Gasteiger partial charge is 0.337 e. The molecule has 1 heterocycles. The summed E-state index contributed by atoms with van der Waals surface area (Å²) in [5.74, 6) is -2.19. The molecule has 6 heteroatoms. The third kappa shape index (κ3) is 3.80. The summed E-state index contributed by atoms with van der Waals surface area (Å²) in [5.41, 5.74) is 0.138. The Labute approximate surface area is 128 Å². The number of hydrogen-bond donors (Lipinski definition) is 1. The van der Waals surface area contributed by atoms with Crippen LogP contribution in [0.3, 0.4) is 0 Å². The summed E-state index contributed by atoms with van der Waals surface area (Å²) < 4.78 is 40.0. The average molecular weight is 314 g/mol. The Hall–Kier alpha value is -1.56. The molecule has 1 aliphatic rings. The Morgan fingerprint density at radius 2 is 1.95 bits per heavy atom. The van der Waals surface area contributed by atoms with Gasteiger partial charge in [0.1, 0.15) is 0 Å². The minimum absolute atomic E-state index is 0.0822. The lowest BCUT2D eigenvalue weighted by Crippen LogP contribution is -2.57. The van der Waals surface area contributed by atoms with Crippen LogP contribution in [-0.2, 0) is 4.79 Å². The molecule has 0 bridgehead atoms. The summed E-state index contributed by atoms with van der Waals surface area (Å²) in [5, 5.41) is 3.22. The fraction of sp³-hybridized carbons (Fsp3) is 0.562. The van der Waals surface area contributed by atoms with E-state index in [9.17, 15) is 18.0 Å². The maximum atomic E-state index is 13.3. The Kier molecular flexibility index (Phi) is 5.11. The molecule has 0 saturated carbocycles. The second-order valence-corrected chi connectivity index (χ2v) is 5.78. The number of alkyl halides is 3. The minimum Gasteiger partial charge on any atom is -0.337 e. The molecule has 2 rings (SSSR count). The summed E-state index contributed by atoms with van der Waals surface area (Å²) in [7, 11) is 0. The van der Waals surface area contributed by atoms with Crippen molar-refractivity contribution < 1.29 is 18.0 Å². The van der Waals surface area contributed by atoms with Crippen molar-refractivity contribution >= 4 is 5.91 Å². The first-order valence-electron chi connectivity index (χ1n) is 7.45. The van der Waals surface area contributed by atoms with E-state index in [4.69, 9.17) is 0 Å². The standard InChI is InChI=1S/C16H21F3N2O/c1-11-12(2)21(9-8-20-11)15(22)10-14(16(17,18)19)13-6-4-3-5-7-13/h3-7,11-12,14,20H,8-10H2,1-2H3. The van der Waals surface area contributed by atoms with Gasteiger partial charge in [-0.1, -0.05) is 30.3 Å². The quantitative estimate of drug-likeness (QED) is 0.930.